The van der Waals surface area contributed by atoms with Crippen molar-refractivity contribution >= 4 is 11.8 Å². The van der Waals surface area contributed by atoms with Crippen LogP contribution in [0.5, 0.6) is 0 Å². The summed E-state index contributed by atoms with van der Waals surface area (Å²) < 4.78 is 5.25. The average Bonchev–Trinajstić information content (AvgIpc) is 2.70. The van der Waals surface area contributed by atoms with E-state index in [1.807, 2.05) is 42.5 Å². The van der Waals surface area contributed by atoms with Crippen LogP contribution in [0.2, 0.25) is 0 Å². The van der Waals surface area contributed by atoms with Crippen LogP contribution in [0.3, 0.4) is 0 Å². The van der Waals surface area contributed by atoms with Crippen molar-refractivity contribution < 1.29 is 14.3 Å². The molecule has 26 heavy (non-hydrogen) atoms. The molecule has 0 spiro atoms. The molecule has 0 aromatic heterocycles. The monoisotopic (exact) mass is 352 g/mol. The highest BCUT2D eigenvalue weighted by molar-refractivity contribution is 5.85. The first kappa shape index (κ1) is 18.1. The van der Waals surface area contributed by atoms with E-state index in [1.54, 1.807) is 11.9 Å². The molecule has 1 heterocycles. The third-order valence-electron chi connectivity index (χ3n) is 4.58. The second kappa shape index (κ2) is 8.63. The molecular formula is C21H24N2O3. The Morgan fingerprint density at radius 1 is 0.962 bits per heavy atom. The summed E-state index contributed by atoms with van der Waals surface area (Å²) >= 11 is 0. The van der Waals surface area contributed by atoms with Gasteiger partial charge in [0.2, 0.25) is 11.8 Å². The highest BCUT2D eigenvalue weighted by Crippen LogP contribution is 2.19. The van der Waals surface area contributed by atoms with E-state index in [0.717, 1.165) is 16.7 Å². The van der Waals surface area contributed by atoms with Gasteiger partial charge in [0.1, 0.15) is 0 Å². The van der Waals surface area contributed by atoms with Crippen molar-refractivity contribution in [1.82, 2.24) is 9.80 Å². The summed E-state index contributed by atoms with van der Waals surface area (Å²) in [5.74, 6) is -0.0809. The number of carbonyl (C=O) groups excluding carboxylic acids is 2. The minimum atomic E-state index is -0.0564. The number of nitrogens with zero attached hydrogens (tertiary/aromatic N) is 2. The lowest BCUT2D eigenvalue weighted by Crippen LogP contribution is -2.46. The predicted molar refractivity (Wildman–Crippen MR) is 101 cm³/mol. The van der Waals surface area contributed by atoms with E-state index in [-0.39, 0.29) is 18.4 Å². The van der Waals surface area contributed by atoms with E-state index < -0.39 is 0 Å². The number of ether oxygens (including phenoxy) is 1. The number of carbonyl (C=O) groups is 2. The average molecular weight is 352 g/mol. The molecule has 0 atom stereocenters. The summed E-state index contributed by atoms with van der Waals surface area (Å²) in [6.45, 7) is 2.44. The second-order valence-electron chi connectivity index (χ2n) is 6.48. The highest BCUT2D eigenvalue weighted by atomic mass is 16.5. The lowest BCUT2D eigenvalue weighted by molar-refractivity contribution is -0.141. The van der Waals surface area contributed by atoms with Crippen LogP contribution in [-0.2, 0) is 20.7 Å². The molecule has 5 nitrogen and oxygen atoms in total. The number of rotatable bonds is 5. The van der Waals surface area contributed by atoms with Crippen molar-refractivity contribution in [3.63, 3.8) is 0 Å². The van der Waals surface area contributed by atoms with Gasteiger partial charge in [-0.2, -0.15) is 0 Å². The smallest absolute Gasteiger partial charge is 0.242 e. The van der Waals surface area contributed by atoms with Crippen molar-refractivity contribution in [3.8, 4) is 11.1 Å². The Bertz CT molecular complexity index is 738. The zero-order valence-corrected chi connectivity index (χ0v) is 15.1. The first-order chi connectivity index (χ1) is 12.6. The first-order valence-corrected chi connectivity index (χ1v) is 8.87. The largest absolute Gasteiger partial charge is 0.378 e. The van der Waals surface area contributed by atoms with E-state index in [9.17, 15) is 9.59 Å². The van der Waals surface area contributed by atoms with Gasteiger partial charge in [0.25, 0.3) is 0 Å². The molecule has 3 rings (SSSR count). The molecule has 1 saturated heterocycles. The fraction of sp³-hybridized carbons (Fsp3) is 0.333. The number of amides is 2. The van der Waals surface area contributed by atoms with Crippen LogP contribution >= 0.6 is 0 Å². The third kappa shape index (κ3) is 4.70. The van der Waals surface area contributed by atoms with Gasteiger partial charge in [0, 0.05) is 20.1 Å². The van der Waals surface area contributed by atoms with Gasteiger partial charge in [-0.3, -0.25) is 9.59 Å². The molecule has 0 N–H and O–H groups in total. The molecule has 1 aliphatic heterocycles. The van der Waals surface area contributed by atoms with Crippen molar-refractivity contribution in [2.45, 2.75) is 6.42 Å². The standard InChI is InChI=1S/C21H24N2O3/c1-22(16-21(25)23-11-13-26-14-12-23)20(24)15-17-7-9-19(10-8-17)18-5-3-2-4-6-18/h2-10H,11-16H2,1H3. The summed E-state index contributed by atoms with van der Waals surface area (Å²) in [6.07, 6.45) is 0.294. The van der Waals surface area contributed by atoms with Crippen molar-refractivity contribution in [3.05, 3.63) is 60.2 Å². The van der Waals surface area contributed by atoms with E-state index in [0.29, 0.717) is 32.7 Å². The van der Waals surface area contributed by atoms with Crippen LogP contribution in [0.25, 0.3) is 11.1 Å². The molecule has 5 heteroatoms. The van der Waals surface area contributed by atoms with Gasteiger partial charge in [0.15, 0.2) is 0 Å². The molecule has 0 aliphatic carbocycles. The van der Waals surface area contributed by atoms with E-state index in [4.69, 9.17) is 4.74 Å². The normalized spacial score (nSPS) is 14.1. The summed E-state index contributed by atoms with van der Waals surface area (Å²) in [7, 11) is 1.68. The minimum Gasteiger partial charge on any atom is -0.378 e. The van der Waals surface area contributed by atoms with Gasteiger partial charge in [-0.1, -0.05) is 54.6 Å². The summed E-state index contributed by atoms with van der Waals surface area (Å²) in [6, 6.07) is 18.1. The van der Waals surface area contributed by atoms with E-state index in [1.165, 1.54) is 4.90 Å². The summed E-state index contributed by atoms with van der Waals surface area (Å²) in [5.41, 5.74) is 3.22. The zero-order valence-electron chi connectivity index (χ0n) is 15.1. The minimum absolute atomic E-state index is 0.0245. The van der Waals surface area contributed by atoms with Crippen LogP contribution in [-0.4, -0.2) is 61.5 Å². The molecule has 0 radical (unpaired) electrons. The SMILES string of the molecule is CN(CC(=O)N1CCOCC1)C(=O)Cc1ccc(-c2ccccc2)cc1. The lowest BCUT2D eigenvalue weighted by Gasteiger charge is -2.28. The van der Waals surface area contributed by atoms with Crippen molar-refractivity contribution in [2.24, 2.45) is 0 Å². The highest BCUT2D eigenvalue weighted by Gasteiger charge is 2.20. The molecule has 0 unspecified atom stereocenters. The maximum Gasteiger partial charge on any atom is 0.242 e. The number of likely N-dealkylation sites (N-methyl/N-ethyl adjacent to an activating group) is 1. The van der Waals surface area contributed by atoms with Crippen LogP contribution in [0.4, 0.5) is 0 Å². The van der Waals surface area contributed by atoms with Crippen LogP contribution < -0.4 is 0 Å². The lowest BCUT2D eigenvalue weighted by atomic mass is 10.0. The quantitative estimate of drug-likeness (QED) is 0.829. The van der Waals surface area contributed by atoms with Gasteiger partial charge in [-0.05, 0) is 16.7 Å². The summed E-state index contributed by atoms with van der Waals surface area (Å²) in [5, 5.41) is 0. The third-order valence-corrected chi connectivity index (χ3v) is 4.58. The van der Waals surface area contributed by atoms with Gasteiger partial charge in [-0.25, -0.2) is 0 Å². The molecule has 2 aromatic rings. The number of morpholine rings is 1. The molecule has 0 bridgehead atoms. The van der Waals surface area contributed by atoms with Crippen molar-refractivity contribution in [2.75, 3.05) is 39.9 Å². The van der Waals surface area contributed by atoms with Crippen LogP contribution in [0.15, 0.2) is 54.6 Å². The topological polar surface area (TPSA) is 49.9 Å². The predicted octanol–water partition coefficient (Wildman–Crippen LogP) is 2.21. The van der Waals surface area contributed by atoms with E-state index >= 15 is 0 Å². The molecule has 2 aromatic carbocycles. The molecule has 0 saturated carbocycles. The summed E-state index contributed by atoms with van der Waals surface area (Å²) in [4.78, 5) is 27.9. The van der Waals surface area contributed by atoms with Crippen molar-refractivity contribution in [1.29, 1.82) is 0 Å². The maximum atomic E-state index is 12.4. The van der Waals surface area contributed by atoms with Gasteiger partial charge >= 0.3 is 0 Å². The number of benzene rings is 2. The Morgan fingerprint density at radius 2 is 1.58 bits per heavy atom. The number of hydrogen-bond donors (Lipinski definition) is 0. The zero-order chi connectivity index (χ0) is 18.4. The molecule has 1 fully saturated rings. The molecule has 136 valence electrons. The Hall–Kier alpha value is -2.66. The maximum absolute atomic E-state index is 12.4. The molecule has 2 amide bonds. The van der Waals surface area contributed by atoms with Gasteiger partial charge in [0.05, 0.1) is 26.2 Å². The Morgan fingerprint density at radius 3 is 2.23 bits per heavy atom. The van der Waals surface area contributed by atoms with E-state index in [2.05, 4.69) is 12.1 Å². The molecule has 1 aliphatic rings. The van der Waals surface area contributed by atoms with Gasteiger partial charge in [-0.15, -0.1) is 0 Å². The first-order valence-electron chi connectivity index (χ1n) is 8.87. The fourth-order valence-corrected chi connectivity index (χ4v) is 2.96. The fourth-order valence-electron chi connectivity index (χ4n) is 2.96. The number of hydrogen-bond acceptors (Lipinski definition) is 3. The van der Waals surface area contributed by atoms with Crippen LogP contribution in [0.1, 0.15) is 5.56 Å². The second-order valence-corrected chi connectivity index (χ2v) is 6.48. The Balaban J connectivity index is 1.54. The Kier molecular flexibility index (Phi) is 6.02. The molecular weight excluding hydrogens is 328 g/mol. The van der Waals surface area contributed by atoms with Crippen LogP contribution in [0, 0.1) is 0 Å². The van der Waals surface area contributed by atoms with Gasteiger partial charge < -0.3 is 14.5 Å². The Labute approximate surface area is 154 Å².